The first-order chi connectivity index (χ1) is 9.51. The lowest BCUT2D eigenvalue weighted by Crippen LogP contribution is -2.18. The summed E-state index contributed by atoms with van der Waals surface area (Å²) in [5.41, 5.74) is 2.23. The fraction of sp³-hybridized carbons (Fsp3) is 0.200. The van der Waals surface area contributed by atoms with Crippen molar-refractivity contribution in [2.75, 3.05) is 11.9 Å². The van der Waals surface area contributed by atoms with Crippen molar-refractivity contribution in [2.45, 2.75) is 13.5 Å². The zero-order valence-corrected chi connectivity index (χ0v) is 12.8. The number of benzene rings is 1. The van der Waals surface area contributed by atoms with Crippen molar-refractivity contribution in [3.63, 3.8) is 0 Å². The molecule has 2 rings (SSSR count). The molecule has 1 heterocycles. The first kappa shape index (κ1) is 14.5. The van der Waals surface area contributed by atoms with E-state index in [4.69, 9.17) is 5.26 Å². The number of pyridine rings is 1. The van der Waals surface area contributed by atoms with E-state index in [-0.39, 0.29) is 5.82 Å². The van der Waals surface area contributed by atoms with Crippen LogP contribution in [0.5, 0.6) is 0 Å². The van der Waals surface area contributed by atoms with Crippen LogP contribution in [0.2, 0.25) is 0 Å². The third-order valence-electron chi connectivity index (χ3n) is 3.00. The molecule has 0 bridgehead atoms. The number of aryl methyl sites for hydroxylation is 1. The Balaban J connectivity index is 2.24. The van der Waals surface area contributed by atoms with Gasteiger partial charge >= 0.3 is 0 Å². The Morgan fingerprint density at radius 1 is 1.35 bits per heavy atom. The van der Waals surface area contributed by atoms with Crippen molar-refractivity contribution in [1.82, 2.24) is 4.98 Å². The molecular weight excluding hydrogens is 321 g/mol. The first-order valence-corrected chi connectivity index (χ1v) is 6.83. The van der Waals surface area contributed by atoms with E-state index in [1.807, 2.05) is 31.0 Å². The van der Waals surface area contributed by atoms with E-state index in [0.29, 0.717) is 18.1 Å². The molecule has 20 heavy (non-hydrogen) atoms. The van der Waals surface area contributed by atoms with E-state index < -0.39 is 0 Å². The van der Waals surface area contributed by atoms with E-state index in [0.717, 1.165) is 15.6 Å². The van der Waals surface area contributed by atoms with E-state index >= 15 is 0 Å². The standard InChI is InChI=1S/C15H13BrFN3/c1-10-3-6-15(19-14(10)8-18)20(2)9-11-4-5-12(17)7-13(11)16/h3-7H,9H2,1-2H3. The summed E-state index contributed by atoms with van der Waals surface area (Å²) in [7, 11) is 1.88. The average Bonchev–Trinajstić information content (AvgIpc) is 2.42. The van der Waals surface area contributed by atoms with Crippen molar-refractivity contribution in [3.05, 3.63) is 57.4 Å². The van der Waals surface area contributed by atoms with Gasteiger partial charge in [-0.3, -0.25) is 0 Å². The Hall–Kier alpha value is -1.93. The molecule has 0 aliphatic carbocycles. The minimum Gasteiger partial charge on any atom is -0.355 e. The highest BCUT2D eigenvalue weighted by atomic mass is 79.9. The number of anilines is 1. The van der Waals surface area contributed by atoms with Crippen LogP contribution in [0.15, 0.2) is 34.8 Å². The lowest BCUT2D eigenvalue weighted by molar-refractivity contribution is 0.625. The predicted octanol–water partition coefficient (Wildman–Crippen LogP) is 3.80. The normalized spacial score (nSPS) is 10.2. The van der Waals surface area contributed by atoms with Crippen molar-refractivity contribution < 1.29 is 4.39 Å². The second kappa shape index (κ2) is 6.02. The molecule has 0 saturated carbocycles. The van der Waals surface area contributed by atoms with Gasteiger partial charge in [0.2, 0.25) is 0 Å². The van der Waals surface area contributed by atoms with Crippen LogP contribution >= 0.6 is 15.9 Å². The van der Waals surface area contributed by atoms with E-state index in [9.17, 15) is 4.39 Å². The summed E-state index contributed by atoms with van der Waals surface area (Å²) in [5, 5.41) is 9.01. The fourth-order valence-electron chi connectivity index (χ4n) is 1.83. The summed E-state index contributed by atoms with van der Waals surface area (Å²) in [6.07, 6.45) is 0. The molecule has 0 aliphatic rings. The van der Waals surface area contributed by atoms with Gasteiger partial charge in [-0.2, -0.15) is 5.26 Å². The van der Waals surface area contributed by atoms with Gasteiger partial charge in [0.15, 0.2) is 0 Å². The summed E-state index contributed by atoms with van der Waals surface area (Å²) in [4.78, 5) is 6.22. The molecule has 1 aromatic heterocycles. The molecular formula is C15H13BrFN3. The summed E-state index contributed by atoms with van der Waals surface area (Å²) in [6.45, 7) is 2.42. The highest BCUT2D eigenvalue weighted by Gasteiger charge is 2.09. The van der Waals surface area contributed by atoms with Gasteiger partial charge in [0.05, 0.1) is 0 Å². The van der Waals surface area contributed by atoms with Gasteiger partial charge in [-0.05, 0) is 36.2 Å². The fourth-order valence-corrected chi connectivity index (χ4v) is 2.31. The van der Waals surface area contributed by atoms with Crippen molar-refractivity contribution >= 4 is 21.7 Å². The topological polar surface area (TPSA) is 39.9 Å². The number of halogens is 2. The van der Waals surface area contributed by atoms with Gasteiger partial charge in [-0.25, -0.2) is 9.37 Å². The Kier molecular flexibility index (Phi) is 4.35. The Morgan fingerprint density at radius 2 is 2.10 bits per heavy atom. The summed E-state index contributed by atoms with van der Waals surface area (Å²) in [5.74, 6) is 0.437. The van der Waals surface area contributed by atoms with Crippen LogP contribution in [-0.4, -0.2) is 12.0 Å². The molecule has 0 radical (unpaired) electrons. The number of aromatic nitrogens is 1. The molecule has 0 unspecified atom stereocenters. The number of nitrogens with zero attached hydrogens (tertiary/aromatic N) is 3. The van der Waals surface area contributed by atoms with Crippen LogP contribution < -0.4 is 4.90 Å². The second-order valence-corrected chi connectivity index (χ2v) is 5.39. The molecule has 0 saturated heterocycles. The molecule has 0 spiro atoms. The molecule has 5 heteroatoms. The minimum atomic E-state index is -0.275. The molecule has 3 nitrogen and oxygen atoms in total. The molecule has 0 fully saturated rings. The van der Waals surface area contributed by atoms with Crippen LogP contribution in [0.1, 0.15) is 16.8 Å². The maximum Gasteiger partial charge on any atom is 0.145 e. The highest BCUT2D eigenvalue weighted by molar-refractivity contribution is 9.10. The Morgan fingerprint density at radius 3 is 2.75 bits per heavy atom. The van der Waals surface area contributed by atoms with Crippen LogP contribution in [0.4, 0.5) is 10.2 Å². The number of nitriles is 1. The predicted molar refractivity (Wildman–Crippen MR) is 79.9 cm³/mol. The SMILES string of the molecule is Cc1ccc(N(C)Cc2ccc(F)cc2Br)nc1C#N. The molecule has 0 N–H and O–H groups in total. The van der Waals surface area contributed by atoms with E-state index in [1.54, 1.807) is 6.07 Å². The Bertz CT molecular complexity index is 679. The highest BCUT2D eigenvalue weighted by Crippen LogP contribution is 2.22. The first-order valence-electron chi connectivity index (χ1n) is 6.04. The van der Waals surface area contributed by atoms with Crippen molar-refractivity contribution in [3.8, 4) is 6.07 Å². The third-order valence-corrected chi connectivity index (χ3v) is 3.74. The zero-order valence-electron chi connectivity index (χ0n) is 11.2. The largest absolute Gasteiger partial charge is 0.355 e. The summed E-state index contributed by atoms with van der Waals surface area (Å²) in [6, 6.07) is 10.4. The summed E-state index contributed by atoms with van der Waals surface area (Å²) < 4.78 is 13.8. The maximum absolute atomic E-state index is 13.1. The monoisotopic (exact) mass is 333 g/mol. The lowest BCUT2D eigenvalue weighted by Gasteiger charge is -2.19. The Labute approximate surface area is 125 Å². The second-order valence-electron chi connectivity index (χ2n) is 4.54. The quantitative estimate of drug-likeness (QED) is 0.857. The van der Waals surface area contributed by atoms with Gasteiger partial charge in [0.1, 0.15) is 23.4 Å². The van der Waals surface area contributed by atoms with Gasteiger partial charge in [-0.1, -0.05) is 28.1 Å². The minimum absolute atomic E-state index is 0.275. The van der Waals surface area contributed by atoms with Gasteiger partial charge in [0.25, 0.3) is 0 Å². The van der Waals surface area contributed by atoms with E-state index in [2.05, 4.69) is 27.0 Å². The van der Waals surface area contributed by atoms with Crippen LogP contribution in [0.25, 0.3) is 0 Å². The van der Waals surface area contributed by atoms with Gasteiger partial charge < -0.3 is 4.90 Å². The number of rotatable bonds is 3. The molecule has 102 valence electrons. The van der Waals surface area contributed by atoms with Crippen LogP contribution in [0.3, 0.4) is 0 Å². The lowest BCUT2D eigenvalue weighted by atomic mass is 10.2. The molecule has 2 aromatic rings. The van der Waals surface area contributed by atoms with Crippen LogP contribution in [0, 0.1) is 24.1 Å². The third kappa shape index (κ3) is 3.14. The molecule has 1 aromatic carbocycles. The number of hydrogen-bond donors (Lipinski definition) is 0. The molecule has 0 aliphatic heterocycles. The van der Waals surface area contributed by atoms with Gasteiger partial charge in [-0.15, -0.1) is 0 Å². The zero-order chi connectivity index (χ0) is 14.7. The van der Waals surface area contributed by atoms with Crippen LogP contribution in [-0.2, 0) is 6.54 Å². The van der Waals surface area contributed by atoms with Gasteiger partial charge in [0, 0.05) is 18.1 Å². The molecule has 0 amide bonds. The van der Waals surface area contributed by atoms with Crippen molar-refractivity contribution in [2.24, 2.45) is 0 Å². The number of hydrogen-bond acceptors (Lipinski definition) is 3. The van der Waals surface area contributed by atoms with Crippen molar-refractivity contribution in [1.29, 1.82) is 5.26 Å². The van der Waals surface area contributed by atoms with E-state index in [1.165, 1.54) is 12.1 Å². The maximum atomic E-state index is 13.1. The molecule has 0 atom stereocenters. The smallest absolute Gasteiger partial charge is 0.145 e. The summed E-state index contributed by atoms with van der Waals surface area (Å²) >= 11 is 3.35. The average molecular weight is 334 g/mol.